The lowest BCUT2D eigenvalue weighted by atomic mass is 10.1. The molecule has 0 aromatic heterocycles. The van der Waals surface area contributed by atoms with Crippen LogP contribution in [0.5, 0.6) is 5.75 Å². The molecule has 0 aliphatic heterocycles. The van der Waals surface area contributed by atoms with Crippen LogP contribution in [-0.4, -0.2) is 49.0 Å². The molecule has 2 N–H and O–H groups in total. The second-order valence-electron chi connectivity index (χ2n) is 6.49. The van der Waals surface area contributed by atoms with Crippen LogP contribution in [0.1, 0.15) is 32.3 Å². The van der Waals surface area contributed by atoms with Crippen LogP contribution in [-0.2, 0) is 20.7 Å². The van der Waals surface area contributed by atoms with Crippen molar-refractivity contribution in [3.05, 3.63) is 29.8 Å². The van der Waals surface area contributed by atoms with Crippen molar-refractivity contribution in [2.45, 2.75) is 51.0 Å². The van der Waals surface area contributed by atoms with E-state index in [9.17, 15) is 9.59 Å². The summed E-state index contributed by atoms with van der Waals surface area (Å²) in [5.41, 5.74) is 5.85. The van der Waals surface area contributed by atoms with Gasteiger partial charge in [0.15, 0.2) is 0 Å². The first kappa shape index (κ1) is 19.1. The zero-order valence-corrected chi connectivity index (χ0v) is 15.2. The summed E-state index contributed by atoms with van der Waals surface area (Å²) in [6.45, 7) is 3.41. The molecular formula is C18H26N2O5. The van der Waals surface area contributed by atoms with Crippen molar-refractivity contribution < 1.29 is 23.8 Å². The van der Waals surface area contributed by atoms with E-state index in [0.717, 1.165) is 11.3 Å². The van der Waals surface area contributed by atoms with Crippen molar-refractivity contribution in [3.63, 3.8) is 0 Å². The zero-order chi connectivity index (χ0) is 18.6. The molecule has 2 atom stereocenters. The Morgan fingerprint density at radius 3 is 2.48 bits per heavy atom. The Balaban J connectivity index is 1.86. The zero-order valence-electron chi connectivity index (χ0n) is 15.2. The summed E-state index contributed by atoms with van der Waals surface area (Å²) >= 11 is 0. The van der Waals surface area contributed by atoms with E-state index in [2.05, 4.69) is 0 Å². The molecule has 0 saturated heterocycles. The standard InChI is InChI=1S/C18H26N2O5/c1-12(11-14-7-5-6-8-15(14)23-4)20(3)17(22)25-13(2)24-16(21)18(19)9-10-18/h5-8,12-13H,9-11,19H2,1-4H3. The number of methoxy groups -OCH3 is 1. The molecule has 1 fully saturated rings. The molecule has 1 aliphatic rings. The summed E-state index contributed by atoms with van der Waals surface area (Å²) in [4.78, 5) is 25.5. The van der Waals surface area contributed by atoms with Gasteiger partial charge in [-0.1, -0.05) is 18.2 Å². The van der Waals surface area contributed by atoms with E-state index in [1.807, 2.05) is 31.2 Å². The van der Waals surface area contributed by atoms with E-state index in [4.69, 9.17) is 19.9 Å². The second-order valence-corrected chi connectivity index (χ2v) is 6.49. The number of hydrogen-bond acceptors (Lipinski definition) is 6. The second kappa shape index (κ2) is 7.74. The average Bonchev–Trinajstić information content (AvgIpc) is 3.33. The van der Waals surface area contributed by atoms with Gasteiger partial charge in [0, 0.05) is 20.0 Å². The molecule has 0 bridgehead atoms. The summed E-state index contributed by atoms with van der Waals surface area (Å²) in [7, 11) is 3.25. The number of nitrogens with zero attached hydrogens (tertiary/aromatic N) is 1. The van der Waals surface area contributed by atoms with Gasteiger partial charge in [0.1, 0.15) is 11.3 Å². The highest BCUT2D eigenvalue weighted by molar-refractivity contribution is 5.84. The number of nitrogens with two attached hydrogens (primary N) is 1. The quantitative estimate of drug-likeness (QED) is 0.598. The molecule has 0 spiro atoms. The number of hydrogen-bond donors (Lipinski definition) is 1. The van der Waals surface area contributed by atoms with Crippen molar-refractivity contribution in [1.82, 2.24) is 4.90 Å². The predicted molar refractivity (Wildman–Crippen MR) is 92.1 cm³/mol. The molecule has 25 heavy (non-hydrogen) atoms. The highest BCUT2D eigenvalue weighted by Crippen LogP contribution is 2.33. The minimum absolute atomic E-state index is 0.129. The number of likely N-dealkylation sites (N-methyl/N-ethyl adjacent to an activating group) is 1. The number of para-hydroxylation sites is 1. The number of amides is 1. The van der Waals surface area contributed by atoms with Crippen LogP contribution >= 0.6 is 0 Å². The van der Waals surface area contributed by atoms with Crippen molar-refractivity contribution in [2.75, 3.05) is 14.2 Å². The summed E-state index contributed by atoms with van der Waals surface area (Å²) < 4.78 is 15.6. The number of rotatable bonds is 7. The number of esters is 1. The molecule has 7 nitrogen and oxygen atoms in total. The molecule has 0 radical (unpaired) electrons. The molecular weight excluding hydrogens is 324 g/mol. The molecule has 1 amide bonds. The van der Waals surface area contributed by atoms with E-state index >= 15 is 0 Å². The Morgan fingerprint density at radius 1 is 1.24 bits per heavy atom. The Labute approximate surface area is 148 Å². The van der Waals surface area contributed by atoms with Gasteiger partial charge >= 0.3 is 12.1 Å². The fourth-order valence-electron chi connectivity index (χ4n) is 2.36. The highest BCUT2D eigenvalue weighted by Gasteiger charge is 2.48. The van der Waals surface area contributed by atoms with E-state index in [-0.39, 0.29) is 6.04 Å². The van der Waals surface area contributed by atoms with Gasteiger partial charge in [-0.15, -0.1) is 0 Å². The van der Waals surface area contributed by atoms with Gasteiger partial charge in [0.2, 0.25) is 6.29 Å². The molecule has 138 valence electrons. The number of carbonyl (C=O) groups excluding carboxylic acids is 2. The first-order valence-electron chi connectivity index (χ1n) is 8.32. The Hall–Kier alpha value is -2.28. The van der Waals surface area contributed by atoms with Gasteiger partial charge in [-0.25, -0.2) is 9.59 Å². The van der Waals surface area contributed by atoms with Gasteiger partial charge < -0.3 is 24.8 Å². The maximum Gasteiger partial charge on any atom is 0.412 e. The van der Waals surface area contributed by atoms with Crippen molar-refractivity contribution in [2.24, 2.45) is 5.73 Å². The van der Waals surface area contributed by atoms with E-state index < -0.39 is 23.9 Å². The number of ether oxygens (including phenoxy) is 3. The molecule has 1 aromatic carbocycles. The molecule has 0 heterocycles. The van der Waals surface area contributed by atoms with Crippen LogP contribution in [0.25, 0.3) is 0 Å². The lowest BCUT2D eigenvalue weighted by molar-refractivity contribution is -0.168. The first-order valence-corrected chi connectivity index (χ1v) is 8.32. The number of benzene rings is 1. The van der Waals surface area contributed by atoms with Crippen LogP contribution < -0.4 is 10.5 Å². The van der Waals surface area contributed by atoms with Crippen LogP contribution in [0, 0.1) is 0 Å². The lowest BCUT2D eigenvalue weighted by Crippen LogP contribution is -2.41. The lowest BCUT2D eigenvalue weighted by Gasteiger charge is -2.26. The minimum atomic E-state index is -0.984. The Bertz CT molecular complexity index is 630. The van der Waals surface area contributed by atoms with Gasteiger partial charge in [-0.3, -0.25) is 0 Å². The fourth-order valence-corrected chi connectivity index (χ4v) is 2.36. The van der Waals surface area contributed by atoms with Crippen LogP contribution in [0.3, 0.4) is 0 Å². The third kappa shape index (κ3) is 4.85. The summed E-state index contributed by atoms with van der Waals surface area (Å²) in [6.07, 6.45) is 0.256. The topological polar surface area (TPSA) is 91.1 Å². The predicted octanol–water partition coefficient (Wildman–Crippen LogP) is 2.08. The maximum atomic E-state index is 12.2. The van der Waals surface area contributed by atoms with Gasteiger partial charge in [0.05, 0.1) is 7.11 Å². The third-order valence-electron chi connectivity index (χ3n) is 4.39. The molecule has 2 rings (SSSR count). The maximum absolute atomic E-state index is 12.2. The van der Waals surface area contributed by atoms with Crippen LogP contribution in [0.4, 0.5) is 4.79 Å². The van der Waals surface area contributed by atoms with Crippen molar-refractivity contribution >= 4 is 12.1 Å². The molecule has 1 saturated carbocycles. The largest absolute Gasteiger partial charge is 0.496 e. The SMILES string of the molecule is COc1ccccc1CC(C)N(C)C(=O)OC(C)OC(=O)C1(N)CC1. The minimum Gasteiger partial charge on any atom is -0.496 e. The summed E-state index contributed by atoms with van der Waals surface area (Å²) in [6, 6.07) is 7.52. The van der Waals surface area contributed by atoms with E-state index in [1.165, 1.54) is 11.8 Å². The Kier molecular flexibility index (Phi) is 5.89. The average molecular weight is 350 g/mol. The van der Waals surface area contributed by atoms with Crippen molar-refractivity contribution in [3.8, 4) is 5.75 Å². The monoisotopic (exact) mass is 350 g/mol. The fraction of sp³-hybridized carbons (Fsp3) is 0.556. The smallest absolute Gasteiger partial charge is 0.412 e. The summed E-state index contributed by atoms with van der Waals surface area (Å²) in [5.74, 6) is 0.244. The van der Waals surface area contributed by atoms with Crippen LogP contribution in [0.2, 0.25) is 0 Å². The van der Waals surface area contributed by atoms with E-state index in [1.54, 1.807) is 14.2 Å². The van der Waals surface area contributed by atoms with Gasteiger partial charge in [-0.2, -0.15) is 0 Å². The molecule has 1 aromatic rings. The Morgan fingerprint density at radius 2 is 1.88 bits per heavy atom. The third-order valence-corrected chi connectivity index (χ3v) is 4.39. The summed E-state index contributed by atoms with van der Waals surface area (Å²) in [5, 5.41) is 0. The molecule has 7 heteroatoms. The van der Waals surface area contributed by atoms with Gasteiger partial charge in [-0.05, 0) is 37.8 Å². The van der Waals surface area contributed by atoms with Gasteiger partial charge in [0.25, 0.3) is 0 Å². The van der Waals surface area contributed by atoms with Crippen LogP contribution in [0.15, 0.2) is 24.3 Å². The van der Waals surface area contributed by atoms with E-state index in [0.29, 0.717) is 19.3 Å². The molecule has 2 unspecified atom stereocenters. The molecule has 1 aliphatic carbocycles. The van der Waals surface area contributed by atoms with Crippen molar-refractivity contribution in [1.29, 1.82) is 0 Å². The first-order chi connectivity index (χ1) is 11.8. The highest BCUT2D eigenvalue weighted by atomic mass is 16.7. The normalized spacial score (nSPS) is 17.2. The number of carbonyl (C=O) groups is 2.